The third-order valence-corrected chi connectivity index (χ3v) is 3.07. The van der Waals surface area contributed by atoms with E-state index in [9.17, 15) is 5.11 Å². The molecule has 0 fully saturated rings. The standard InChI is InChI=1S/C10H17NOS/c1-3-8(2)6-9(12)7-10-11-4-5-13-10/h4-5,8-9,12H,3,6-7H2,1-2H3. The van der Waals surface area contributed by atoms with Crippen LogP contribution in [0.1, 0.15) is 31.7 Å². The van der Waals surface area contributed by atoms with Gasteiger partial charge >= 0.3 is 0 Å². The number of aliphatic hydroxyl groups excluding tert-OH is 1. The third kappa shape index (κ3) is 3.87. The molecular formula is C10H17NOS. The van der Waals surface area contributed by atoms with Crippen LogP contribution in [0.5, 0.6) is 0 Å². The molecule has 74 valence electrons. The molecule has 2 nitrogen and oxygen atoms in total. The van der Waals surface area contributed by atoms with Crippen molar-refractivity contribution in [1.82, 2.24) is 4.98 Å². The normalized spacial score (nSPS) is 15.6. The largest absolute Gasteiger partial charge is 0.393 e. The Balaban J connectivity index is 2.29. The Morgan fingerprint density at radius 2 is 2.38 bits per heavy atom. The summed E-state index contributed by atoms with van der Waals surface area (Å²) in [7, 11) is 0. The summed E-state index contributed by atoms with van der Waals surface area (Å²) in [6, 6.07) is 0. The van der Waals surface area contributed by atoms with Crippen molar-refractivity contribution in [3.05, 3.63) is 16.6 Å². The molecule has 0 aliphatic rings. The summed E-state index contributed by atoms with van der Waals surface area (Å²) in [5, 5.41) is 12.7. The van der Waals surface area contributed by atoms with E-state index in [1.54, 1.807) is 17.5 Å². The quantitative estimate of drug-likeness (QED) is 0.790. The maximum atomic E-state index is 9.69. The van der Waals surface area contributed by atoms with Crippen molar-refractivity contribution in [2.45, 2.75) is 39.2 Å². The van der Waals surface area contributed by atoms with Crippen LogP contribution < -0.4 is 0 Å². The lowest BCUT2D eigenvalue weighted by molar-refractivity contribution is 0.144. The Morgan fingerprint density at radius 3 is 2.92 bits per heavy atom. The minimum atomic E-state index is -0.221. The zero-order valence-electron chi connectivity index (χ0n) is 8.23. The number of thiazole rings is 1. The fourth-order valence-corrected chi connectivity index (χ4v) is 1.96. The topological polar surface area (TPSA) is 33.1 Å². The fraction of sp³-hybridized carbons (Fsp3) is 0.700. The van der Waals surface area contributed by atoms with Crippen LogP contribution in [0.15, 0.2) is 11.6 Å². The van der Waals surface area contributed by atoms with Gasteiger partial charge in [-0.05, 0) is 12.3 Å². The van der Waals surface area contributed by atoms with Gasteiger partial charge in [0.25, 0.3) is 0 Å². The first-order valence-corrected chi connectivity index (χ1v) is 5.66. The second-order valence-electron chi connectivity index (χ2n) is 3.53. The summed E-state index contributed by atoms with van der Waals surface area (Å²) in [5.41, 5.74) is 0. The molecule has 0 saturated carbocycles. The highest BCUT2D eigenvalue weighted by Gasteiger charge is 2.10. The van der Waals surface area contributed by atoms with Gasteiger partial charge in [-0.3, -0.25) is 0 Å². The number of hydrogen-bond donors (Lipinski definition) is 1. The molecule has 1 heterocycles. The maximum Gasteiger partial charge on any atom is 0.0950 e. The highest BCUT2D eigenvalue weighted by molar-refractivity contribution is 7.09. The smallest absolute Gasteiger partial charge is 0.0950 e. The number of nitrogens with zero attached hydrogens (tertiary/aromatic N) is 1. The molecule has 1 rings (SSSR count). The van der Waals surface area contributed by atoms with Crippen LogP contribution in [-0.4, -0.2) is 16.2 Å². The molecule has 0 aliphatic carbocycles. The van der Waals surface area contributed by atoms with Gasteiger partial charge in [0.1, 0.15) is 0 Å². The maximum absolute atomic E-state index is 9.69. The van der Waals surface area contributed by atoms with Crippen LogP contribution in [0.25, 0.3) is 0 Å². The van der Waals surface area contributed by atoms with E-state index in [2.05, 4.69) is 18.8 Å². The first-order valence-electron chi connectivity index (χ1n) is 4.78. The molecule has 2 unspecified atom stereocenters. The van der Waals surface area contributed by atoms with E-state index < -0.39 is 0 Å². The molecule has 0 bridgehead atoms. The zero-order chi connectivity index (χ0) is 9.68. The first-order chi connectivity index (χ1) is 6.22. The van der Waals surface area contributed by atoms with Crippen molar-refractivity contribution in [3.8, 4) is 0 Å². The molecule has 0 amide bonds. The van der Waals surface area contributed by atoms with Crippen LogP contribution in [0, 0.1) is 5.92 Å². The van der Waals surface area contributed by atoms with E-state index in [1.165, 1.54) is 0 Å². The lowest BCUT2D eigenvalue weighted by Crippen LogP contribution is -2.14. The monoisotopic (exact) mass is 199 g/mol. The predicted octanol–water partition coefficient (Wildman–Crippen LogP) is 2.48. The second-order valence-corrected chi connectivity index (χ2v) is 4.51. The van der Waals surface area contributed by atoms with Crippen LogP contribution >= 0.6 is 11.3 Å². The van der Waals surface area contributed by atoms with Crippen LogP contribution in [0.4, 0.5) is 0 Å². The molecule has 3 heteroatoms. The summed E-state index contributed by atoms with van der Waals surface area (Å²) in [5.74, 6) is 0.606. The molecule has 1 aromatic heterocycles. The van der Waals surface area contributed by atoms with Gasteiger partial charge in [-0.15, -0.1) is 11.3 Å². The Hall–Kier alpha value is -0.410. The number of rotatable bonds is 5. The van der Waals surface area contributed by atoms with Crippen molar-refractivity contribution >= 4 is 11.3 Å². The molecule has 1 N–H and O–H groups in total. The molecule has 0 aliphatic heterocycles. The highest BCUT2D eigenvalue weighted by atomic mass is 32.1. The summed E-state index contributed by atoms with van der Waals surface area (Å²) in [4.78, 5) is 4.15. The third-order valence-electron chi connectivity index (χ3n) is 2.27. The SMILES string of the molecule is CCC(C)CC(O)Cc1nccs1. The summed E-state index contributed by atoms with van der Waals surface area (Å²) < 4.78 is 0. The van der Waals surface area contributed by atoms with Crippen LogP contribution in [0.3, 0.4) is 0 Å². The lowest BCUT2D eigenvalue weighted by atomic mass is 10.00. The minimum Gasteiger partial charge on any atom is -0.393 e. The van der Waals surface area contributed by atoms with Crippen molar-refractivity contribution in [2.24, 2.45) is 5.92 Å². The molecule has 0 aromatic carbocycles. The minimum absolute atomic E-state index is 0.221. The van der Waals surface area contributed by atoms with Crippen molar-refractivity contribution in [3.63, 3.8) is 0 Å². The van der Waals surface area contributed by atoms with Crippen molar-refractivity contribution < 1.29 is 5.11 Å². The first kappa shape index (κ1) is 10.7. The zero-order valence-corrected chi connectivity index (χ0v) is 9.05. The number of aliphatic hydroxyl groups is 1. The van der Waals surface area contributed by atoms with Crippen LogP contribution in [0.2, 0.25) is 0 Å². The van der Waals surface area contributed by atoms with E-state index >= 15 is 0 Å². The van der Waals surface area contributed by atoms with Crippen molar-refractivity contribution in [2.75, 3.05) is 0 Å². The van der Waals surface area contributed by atoms with Gasteiger partial charge < -0.3 is 5.11 Å². The predicted molar refractivity (Wildman–Crippen MR) is 55.9 cm³/mol. The highest BCUT2D eigenvalue weighted by Crippen LogP contribution is 2.14. The molecule has 1 aromatic rings. The van der Waals surface area contributed by atoms with E-state index in [0.29, 0.717) is 12.3 Å². The Labute approximate surface area is 83.6 Å². The Kier molecular flexibility index (Phi) is 4.39. The van der Waals surface area contributed by atoms with E-state index in [4.69, 9.17) is 0 Å². The van der Waals surface area contributed by atoms with Crippen molar-refractivity contribution in [1.29, 1.82) is 0 Å². The van der Waals surface area contributed by atoms with E-state index in [1.807, 2.05) is 5.38 Å². The van der Waals surface area contributed by atoms with E-state index in [0.717, 1.165) is 17.8 Å². The Morgan fingerprint density at radius 1 is 1.62 bits per heavy atom. The summed E-state index contributed by atoms with van der Waals surface area (Å²) in [6.07, 6.45) is 4.30. The van der Waals surface area contributed by atoms with Gasteiger partial charge in [-0.1, -0.05) is 20.3 Å². The summed E-state index contributed by atoms with van der Waals surface area (Å²) in [6.45, 7) is 4.33. The molecule has 0 radical (unpaired) electrons. The number of hydrogen-bond acceptors (Lipinski definition) is 3. The molecule has 13 heavy (non-hydrogen) atoms. The van der Waals surface area contributed by atoms with Gasteiger partial charge in [0, 0.05) is 18.0 Å². The molecular weight excluding hydrogens is 182 g/mol. The molecule has 0 saturated heterocycles. The van der Waals surface area contributed by atoms with E-state index in [-0.39, 0.29) is 6.10 Å². The van der Waals surface area contributed by atoms with Crippen LogP contribution in [-0.2, 0) is 6.42 Å². The average molecular weight is 199 g/mol. The molecule has 0 spiro atoms. The average Bonchev–Trinajstić information content (AvgIpc) is 2.56. The van der Waals surface area contributed by atoms with Gasteiger partial charge in [0.15, 0.2) is 0 Å². The second kappa shape index (κ2) is 5.35. The van der Waals surface area contributed by atoms with Gasteiger partial charge in [-0.25, -0.2) is 4.98 Å². The van der Waals surface area contributed by atoms with Gasteiger partial charge in [0.2, 0.25) is 0 Å². The van der Waals surface area contributed by atoms with Gasteiger partial charge in [0.05, 0.1) is 11.1 Å². The van der Waals surface area contributed by atoms with Gasteiger partial charge in [-0.2, -0.15) is 0 Å². The Bertz CT molecular complexity index is 223. The fourth-order valence-electron chi connectivity index (χ4n) is 1.27. The molecule has 2 atom stereocenters. The lowest BCUT2D eigenvalue weighted by Gasteiger charge is -2.13. The summed E-state index contributed by atoms with van der Waals surface area (Å²) >= 11 is 1.61. The number of aromatic nitrogens is 1.